The minimum Gasteiger partial charge on any atom is -0.385 e. The van der Waals surface area contributed by atoms with Crippen LogP contribution in [0.25, 0.3) is 10.9 Å². The zero-order valence-electron chi connectivity index (χ0n) is 10.3. The number of ether oxygens (including phenoxy) is 1. The van der Waals surface area contributed by atoms with Crippen molar-refractivity contribution in [3.8, 4) is 0 Å². The smallest absolute Gasteiger partial charge is 0.0928 e. The Morgan fingerprint density at radius 3 is 2.78 bits per heavy atom. The first-order valence-electron chi connectivity index (χ1n) is 5.67. The maximum Gasteiger partial charge on any atom is 0.0928 e. The highest BCUT2D eigenvalue weighted by Crippen LogP contribution is 2.33. The minimum atomic E-state index is 0.442. The summed E-state index contributed by atoms with van der Waals surface area (Å²) >= 11 is 12.2. The number of nitrogens with one attached hydrogen (secondary N) is 1. The van der Waals surface area contributed by atoms with Gasteiger partial charge in [0.25, 0.3) is 0 Å². The highest BCUT2D eigenvalue weighted by molar-refractivity contribution is 6.45. The van der Waals surface area contributed by atoms with Crippen molar-refractivity contribution in [3.05, 3.63) is 33.9 Å². The van der Waals surface area contributed by atoms with Gasteiger partial charge in [-0.2, -0.15) is 0 Å². The molecule has 2 aromatic rings. The van der Waals surface area contributed by atoms with Gasteiger partial charge in [-0.15, -0.1) is 0 Å². The van der Waals surface area contributed by atoms with Crippen LogP contribution in [0.4, 0.5) is 5.69 Å². The molecule has 0 spiro atoms. The van der Waals surface area contributed by atoms with E-state index in [0.717, 1.165) is 23.3 Å². The van der Waals surface area contributed by atoms with E-state index in [4.69, 9.17) is 27.9 Å². The number of rotatable bonds is 4. The minimum absolute atomic E-state index is 0.442. The molecule has 5 heteroatoms. The first kappa shape index (κ1) is 13.4. The van der Waals surface area contributed by atoms with Crippen molar-refractivity contribution >= 4 is 39.8 Å². The Kier molecular flexibility index (Phi) is 4.27. The number of fused-ring (bicyclic) bond motifs is 1. The maximum atomic E-state index is 6.21. The van der Waals surface area contributed by atoms with Crippen LogP contribution in [0.2, 0.25) is 10.0 Å². The van der Waals surface area contributed by atoms with Crippen LogP contribution >= 0.6 is 23.2 Å². The van der Waals surface area contributed by atoms with Crippen LogP contribution in [0.3, 0.4) is 0 Å². The normalized spacial score (nSPS) is 10.9. The van der Waals surface area contributed by atoms with Crippen LogP contribution in [0.15, 0.2) is 18.2 Å². The van der Waals surface area contributed by atoms with E-state index in [1.807, 2.05) is 19.1 Å². The molecule has 1 aromatic heterocycles. The van der Waals surface area contributed by atoms with Crippen molar-refractivity contribution in [2.24, 2.45) is 0 Å². The number of halogens is 2. The number of hydrogen-bond donors (Lipinski definition) is 1. The molecule has 1 heterocycles. The van der Waals surface area contributed by atoms with E-state index in [1.165, 1.54) is 0 Å². The maximum absolute atomic E-state index is 6.21. The van der Waals surface area contributed by atoms with Crippen molar-refractivity contribution in [1.29, 1.82) is 0 Å². The number of nitrogens with zero attached hydrogens (tertiary/aromatic N) is 1. The van der Waals surface area contributed by atoms with Gasteiger partial charge in [-0.1, -0.05) is 23.2 Å². The zero-order chi connectivity index (χ0) is 13.1. The highest BCUT2D eigenvalue weighted by Gasteiger charge is 2.10. The topological polar surface area (TPSA) is 34.1 Å². The van der Waals surface area contributed by atoms with E-state index in [2.05, 4.69) is 10.3 Å². The van der Waals surface area contributed by atoms with Gasteiger partial charge in [0.15, 0.2) is 0 Å². The quantitative estimate of drug-likeness (QED) is 0.917. The van der Waals surface area contributed by atoms with Crippen molar-refractivity contribution in [2.75, 3.05) is 19.0 Å². The number of methoxy groups -OCH3 is 1. The number of anilines is 1. The second kappa shape index (κ2) is 5.74. The van der Waals surface area contributed by atoms with E-state index in [9.17, 15) is 0 Å². The summed E-state index contributed by atoms with van der Waals surface area (Å²) in [5, 5.41) is 5.25. The Morgan fingerprint density at radius 1 is 1.33 bits per heavy atom. The van der Waals surface area contributed by atoms with Crippen LogP contribution in [0.1, 0.15) is 12.6 Å². The fourth-order valence-electron chi connectivity index (χ4n) is 1.85. The third-order valence-corrected chi connectivity index (χ3v) is 3.38. The predicted octanol–water partition coefficient (Wildman–Crippen LogP) is 4.12. The van der Waals surface area contributed by atoms with Gasteiger partial charge >= 0.3 is 0 Å². The van der Waals surface area contributed by atoms with Crippen molar-refractivity contribution in [3.63, 3.8) is 0 Å². The summed E-state index contributed by atoms with van der Waals surface area (Å²) in [5.41, 5.74) is 2.52. The van der Waals surface area contributed by atoms with E-state index in [1.54, 1.807) is 13.2 Å². The Balaban J connectivity index is 2.68. The lowest BCUT2D eigenvalue weighted by atomic mass is 10.1. The molecule has 0 amide bonds. The molecule has 0 fully saturated rings. The molecule has 0 bridgehead atoms. The molecule has 0 aliphatic carbocycles. The van der Waals surface area contributed by atoms with Gasteiger partial charge in [0.2, 0.25) is 0 Å². The third kappa shape index (κ3) is 2.53. The summed E-state index contributed by atoms with van der Waals surface area (Å²) in [7, 11) is 1.64. The van der Waals surface area contributed by atoms with Crippen molar-refractivity contribution in [2.45, 2.75) is 13.5 Å². The fraction of sp³-hybridized carbons (Fsp3) is 0.308. The Hall–Kier alpha value is -1.03. The molecule has 3 nitrogen and oxygen atoms in total. The molecular weight excluding hydrogens is 271 g/mol. The van der Waals surface area contributed by atoms with Crippen LogP contribution in [-0.4, -0.2) is 18.6 Å². The van der Waals surface area contributed by atoms with Gasteiger partial charge in [0.1, 0.15) is 0 Å². The molecule has 1 N–H and O–H groups in total. The van der Waals surface area contributed by atoms with Crippen molar-refractivity contribution in [1.82, 2.24) is 4.98 Å². The molecule has 0 unspecified atom stereocenters. The molecule has 1 aromatic carbocycles. The zero-order valence-corrected chi connectivity index (χ0v) is 11.8. The summed E-state index contributed by atoms with van der Waals surface area (Å²) in [4.78, 5) is 4.49. The van der Waals surface area contributed by atoms with E-state index in [0.29, 0.717) is 22.2 Å². The van der Waals surface area contributed by atoms with E-state index < -0.39 is 0 Å². The number of pyridine rings is 1. The molecule has 0 radical (unpaired) electrons. The van der Waals surface area contributed by atoms with Crippen molar-refractivity contribution < 1.29 is 4.74 Å². The first-order valence-corrected chi connectivity index (χ1v) is 6.43. The molecule has 0 atom stereocenters. The Morgan fingerprint density at radius 2 is 2.11 bits per heavy atom. The summed E-state index contributed by atoms with van der Waals surface area (Å²) in [6, 6.07) is 5.68. The Bertz CT molecular complexity index is 572. The first-order chi connectivity index (χ1) is 8.67. The molecule has 0 aliphatic heterocycles. The molecule has 96 valence electrons. The largest absolute Gasteiger partial charge is 0.385 e. The second-order valence-electron chi connectivity index (χ2n) is 3.88. The standard InChI is InChI=1S/C13H14Cl2N2O/c1-3-16-11-6-8(7-18-2)17-13-9(11)4-5-10(14)12(13)15/h4-6H,3,7H2,1-2H3,(H,16,17). The van der Waals surface area contributed by atoms with Gasteiger partial charge in [-0.05, 0) is 25.1 Å². The molecule has 18 heavy (non-hydrogen) atoms. The lowest BCUT2D eigenvalue weighted by molar-refractivity contribution is 0.182. The van der Waals surface area contributed by atoms with Gasteiger partial charge in [-0.25, -0.2) is 4.98 Å². The number of hydrogen-bond acceptors (Lipinski definition) is 3. The van der Waals surface area contributed by atoms with E-state index >= 15 is 0 Å². The van der Waals surface area contributed by atoms with Crippen LogP contribution in [0.5, 0.6) is 0 Å². The average molecular weight is 285 g/mol. The van der Waals surface area contributed by atoms with Gasteiger partial charge < -0.3 is 10.1 Å². The molecule has 0 saturated carbocycles. The number of aromatic nitrogens is 1. The van der Waals surface area contributed by atoms with Crippen LogP contribution < -0.4 is 5.32 Å². The molecular formula is C13H14Cl2N2O. The highest BCUT2D eigenvalue weighted by atomic mass is 35.5. The summed E-state index contributed by atoms with van der Waals surface area (Å²) in [6.45, 7) is 3.31. The van der Waals surface area contributed by atoms with Crippen LogP contribution in [0, 0.1) is 0 Å². The second-order valence-corrected chi connectivity index (χ2v) is 4.67. The lowest BCUT2D eigenvalue weighted by Crippen LogP contribution is -2.01. The molecule has 0 aliphatic rings. The molecule has 0 saturated heterocycles. The average Bonchev–Trinajstić information content (AvgIpc) is 2.35. The third-order valence-electron chi connectivity index (χ3n) is 2.59. The number of benzene rings is 1. The summed E-state index contributed by atoms with van der Waals surface area (Å²) in [6.07, 6.45) is 0. The van der Waals surface area contributed by atoms with Gasteiger partial charge in [0.05, 0.1) is 27.9 Å². The Labute approximate surface area is 116 Å². The summed E-state index contributed by atoms with van der Waals surface area (Å²) < 4.78 is 5.11. The monoisotopic (exact) mass is 284 g/mol. The SMILES string of the molecule is CCNc1cc(COC)nc2c(Cl)c(Cl)ccc12. The van der Waals surface area contributed by atoms with Gasteiger partial charge in [-0.3, -0.25) is 0 Å². The fourth-order valence-corrected chi connectivity index (χ4v) is 2.20. The lowest BCUT2D eigenvalue weighted by Gasteiger charge is -2.11. The molecule has 2 rings (SSSR count). The van der Waals surface area contributed by atoms with Crippen LogP contribution in [-0.2, 0) is 11.3 Å². The van der Waals surface area contributed by atoms with E-state index in [-0.39, 0.29) is 0 Å². The predicted molar refractivity (Wildman–Crippen MR) is 76.6 cm³/mol. The summed E-state index contributed by atoms with van der Waals surface area (Å²) in [5.74, 6) is 0. The van der Waals surface area contributed by atoms with Gasteiger partial charge in [0, 0.05) is 24.7 Å².